The van der Waals surface area contributed by atoms with E-state index in [0.717, 1.165) is 0 Å². The van der Waals surface area contributed by atoms with E-state index in [-0.39, 0.29) is 6.10 Å². The number of carbonyl (C=O) groups is 1. The molecule has 1 saturated heterocycles. The average molecular weight is 258 g/mol. The Balaban J connectivity index is 2.66. The van der Waals surface area contributed by atoms with E-state index in [1.54, 1.807) is 27.7 Å². The maximum Gasteiger partial charge on any atom is 0.335 e. The maximum absolute atomic E-state index is 11.7. The molecular weight excluding hydrogens is 236 g/mol. The summed E-state index contributed by atoms with van der Waals surface area (Å²) in [5, 5.41) is 9.98. The van der Waals surface area contributed by atoms with Crippen LogP contribution in [0.25, 0.3) is 0 Å². The van der Waals surface area contributed by atoms with Crippen LogP contribution in [0.1, 0.15) is 27.7 Å². The van der Waals surface area contributed by atoms with Crippen molar-refractivity contribution < 1.29 is 24.1 Å². The van der Waals surface area contributed by atoms with E-state index in [1.807, 2.05) is 0 Å². The molecule has 0 radical (unpaired) electrons. The Morgan fingerprint density at radius 3 is 2.56 bits per heavy atom. The van der Waals surface area contributed by atoms with Crippen molar-refractivity contribution in [3.63, 3.8) is 0 Å². The highest BCUT2D eigenvalue weighted by Gasteiger charge is 2.41. The third kappa shape index (κ3) is 3.80. The molecule has 0 bridgehead atoms. The zero-order chi connectivity index (χ0) is 13.9. The van der Waals surface area contributed by atoms with E-state index in [1.165, 1.54) is 6.08 Å². The number of hydrogen-bond acceptors (Lipinski definition) is 5. The lowest BCUT2D eigenvalue weighted by Crippen LogP contribution is -2.39. The van der Waals surface area contributed by atoms with Gasteiger partial charge in [-0.25, -0.2) is 4.79 Å². The topological polar surface area (TPSA) is 65.0 Å². The third-order valence-corrected chi connectivity index (χ3v) is 2.69. The molecule has 0 aromatic heterocycles. The van der Waals surface area contributed by atoms with Crippen molar-refractivity contribution in [3.8, 4) is 0 Å². The van der Waals surface area contributed by atoms with Crippen LogP contribution in [0.5, 0.6) is 0 Å². The van der Waals surface area contributed by atoms with Crippen LogP contribution in [0.15, 0.2) is 12.7 Å². The fraction of sp³-hybridized carbons (Fsp3) is 0.769. The van der Waals surface area contributed by atoms with E-state index in [9.17, 15) is 9.90 Å². The minimum Gasteiger partial charge on any atom is -0.461 e. The van der Waals surface area contributed by atoms with Gasteiger partial charge < -0.3 is 19.3 Å². The molecule has 1 heterocycles. The van der Waals surface area contributed by atoms with Crippen molar-refractivity contribution in [2.45, 2.75) is 51.8 Å². The number of ether oxygens (including phenoxy) is 3. The molecule has 5 heteroatoms. The summed E-state index contributed by atoms with van der Waals surface area (Å²) in [5.74, 6) is -1.91. The first-order valence-electron chi connectivity index (χ1n) is 6.09. The van der Waals surface area contributed by atoms with Gasteiger partial charge in [0.2, 0.25) is 0 Å². The molecule has 0 spiro atoms. The largest absolute Gasteiger partial charge is 0.461 e. The molecule has 5 nitrogen and oxygen atoms in total. The highest BCUT2D eigenvalue weighted by Crippen LogP contribution is 2.29. The second-order valence-electron chi connectivity index (χ2n) is 5.11. The van der Waals surface area contributed by atoms with Gasteiger partial charge in [0.25, 0.3) is 0 Å². The summed E-state index contributed by atoms with van der Waals surface area (Å²) < 4.78 is 16.0. The quantitative estimate of drug-likeness (QED) is 0.594. The Morgan fingerprint density at radius 2 is 2.17 bits per heavy atom. The molecule has 18 heavy (non-hydrogen) atoms. The SMILES string of the molecule is C=C[C@H](C(O)C(=O)OC(C)C)[C@H]1COC(C)(C)O1. The fourth-order valence-corrected chi connectivity index (χ4v) is 1.85. The van der Waals surface area contributed by atoms with Crippen molar-refractivity contribution in [2.75, 3.05) is 6.61 Å². The predicted molar refractivity (Wildman–Crippen MR) is 65.8 cm³/mol. The number of aliphatic hydroxyl groups is 1. The van der Waals surface area contributed by atoms with Crippen LogP contribution in [0.2, 0.25) is 0 Å². The van der Waals surface area contributed by atoms with Crippen LogP contribution in [-0.2, 0) is 19.0 Å². The Labute approximate surface area is 108 Å². The second-order valence-corrected chi connectivity index (χ2v) is 5.11. The minimum absolute atomic E-state index is 0.269. The Hall–Kier alpha value is -0.910. The first-order chi connectivity index (χ1) is 8.26. The van der Waals surface area contributed by atoms with Gasteiger partial charge in [-0.1, -0.05) is 6.08 Å². The average Bonchev–Trinajstić information content (AvgIpc) is 2.58. The molecule has 1 rings (SSSR count). The van der Waals surface area contributed by atoms with Crippen molar-refractivity contribution in [1.29, 1.82) is 0 Å². The summed E-state index contributed by atoms with van der Waals surface area (Å²) in [7, 11) is 0. The summed E-state index contributed by atoms with van der Waals surface area (Å²) in [6.07, 6.45) is -0.448. The summed E-state index contributed by atoms with van der Waals surface area (Å²) in [4.78, 5) is 11.7. The van der Waals surface area contributed by atoms with Crippen LogP contribution in [0.4, 0.5) is 0 Å². The zero-order valence-electron chi connectivity index (χ0n) is 11.4. The van der Waals surface area contributed by atoms with Gasteiger partial charge in [-0.3, -0.25) is 0 Å². The lowest BCUT2D eigenvalue weighted by molar-refractivity contribution is -0.168. The van der Waals surface area contributed by atoms with Gasteiger partial charge in [0.05, 0.1) is 18.8 Å². The van der Waals surface area contributed by atoms with Crippen LogP contribution >= 0.6 is 0 Å². The molecule has 0 aliphatic carbocycles. The fourth-order valence-electron chi connectivity index (χ4n) is 1.85. The van der Waals surface area contributed by atoms with Gasteiger partial charge in [0.15, 0.2) is 11.9 Å². The lowest BCUT2D eigenvalue weighted by Gasteiger charge is -2.25. The Morgan fingerprint density at radius 1 is 1.56 bits per heavy atom. The molecule has 0 amide bonds. The van der Waals surface area contributed by atoms with Crippen molar-refractivity contribution in [3.05, 3.63) is 12.7 Å². The molecule has 0 aromatic rings. The molecule has 1 unspecified atom stereocenters. The number of hydrogen-bond donors (Lipinski definition) is 1. The van der Waals surface area contributed by atoms with Crippen LogP contribution in [-0.4, -0.2) is 41.8 Å². The summed E-state index contributed by atoms with van der Waals surface area (Å²) in [6.45, 7) is 11.0. The highest BCUT2D eigenvalue weighted by molar-refractivity contribution is 5.75. The molecule has 1 fully saturated rings. The number of rotatable bonds is 5. The van der Waals surface area contributed by atoms with E-state index in [4.69, 9.17) is 14.2 Å². The van der Waals surface area contributed by atoms with E-state index in [0.29, 0.717) is 6.61 Å². The molecule has 1 aliphatic heterocycles. The van der Waals surface area contributed by atoms with Crippen molar-refractivity contribution in [1.82, 2.24) is 0 Å². The summed E-state index contributed by atoms with van der Waals surface area (Å²) in [5.41, 5.74) is 0. The van der Waals surface area contributed by atoms with Crippen LogP contribution in [0.3, 0.4) is 0 Å². The summed E-state index contributed by atoms with van der Waals surface area (Å²) >= 11 is 0. The van der Waals surface area contributed by atoms with E-state index < -0.39 is 29.9 Å². The van der Waals surface area contributed by atoms with Gasteiger partial charge in [-0.2, -0.15) is 0 Å². The van der Waals surface area contributed by atoms with Crippen molar-refractivity contribution >= 4 is 5.97 Å². The lowest BCUT2D eigenvalue weighted by atomic mass is 9.96. The number of carbonyl (C=O) groups excluding carboxylic acids is 1. The molecular formula is C13H22O5. The van der Waals surface area contributed by atoms with Crippen LogP contribution < -0.4 is 0 Å². The molecule has 104 valence electrons. The minimum atomic E-state index is -1.28. The van der Waals surface area contributed by atoms with E-state index >= 15 is 0 Å². The Kier molecular flexibility index (Phi) is 4.90. The van der Waals surface area contributed by atoms with Gasteiger partial charge >= 0.3 is 5.97 Å². The normalized spacial score (nSPS) is 25.8. The number of aliphatic hydroxyl groups excluding tert-OH is 1. The van der Waals surface area contributed by atoms with Gasteiger partial charge in [-0.05, 0) is 27.7 Å². The van der Waals surface area contributed by atoms with Gasteiger partial charge in [0.1, 0.15) is 0 Å². The molecule has 0 saturated carbocycles. The van der Waals surface area contributed by atoms with Crippen molar-refractivity contribution in [2.24, 2.45) is 5.92 Å². The molecule has 0 aromatic carbocycles. The van der Waals surface area contributed by atoms with Gasteiger partial charge in [0, 0.05) is 5.92 Å². The molecule has 1 N–H and O–H groups in total. The molecule has 3 atom stereocenters. The summed E-state index contributed by atoms with van der Waals surface area (Å²) in [6, 6.07) is 0. The predicted octanol–water partition coefficient (Wildman–Crippen LogP) is 1.25. The monoisotopic (exact) mass is 258 g/mol. The Bertz CT molecular complexity index is 311. The smallest absolute Gasteiger partial charge is 0.335 e. The zero-order valence-corrected chi connectivity index (χ0v) is 11.4. The standard InChI is InChI=1S/C13H22O5/c1-6-9(10-7-16-13(4,5)18-10)11(14)12(15)17-8(2)3/h6,8-11,14H,1,7H2,2-5H3/t9-,10+,11?/m0/s1. The van der Waals surface area contributed by atoms with E-state index in [2.05, 4.69) is 6.58 Å². The highest BCUT2D eigenvalue weighted by atomic mass is 16.7. The second kappa shape index (κ2) is 5.82. The van der Waals surface area contributed by atoms with Gasteiger partial charge in [-0.15, -0.1) is 6.58 Å². The first-order valence-corrected chi connectivity index (χ1v) is 6.09. The molecule has 1 aliphatic rings. The van der Waals surface area contributed by atoms with Crippen LogP contribution in [0, 0.1) is 5.92 Å². The maximum atomic E-state index is 11.7. The first kappa shape index (κ1) is 15.1. The third-order valence-electron chi connectivity index (χ3n) is 2.69. The number of esters is 1.